The molecule has 0 saturated carbocycles. The number of H-pyrrole nitrogens is 1. The fourth-order valence-electron chi connectivity index (χ4n) is 2.21. The number of fused-ring (bicyclic) bond motifs is 1. The minimum Gasteiger partial charge on any atom is -0.306 e. The average molecular weight is 256 g/mol. The number of imidazole rings is 1. The summed E-state index contributed by atoms with van der Waals surface area (Å²) in [6.07, 6.45) is 0. The molecule has 0 radical (unpaired) electrons. The third kappa shape index (κ3) is 2.17. The number of rotatable bonds is 2. The van der Waals surface area contributed by atoms with Gasteiger partial charge in [-0.2, -0.15) is 0 Å². The molecule has 3 aromatic rings. The van der Waals surface area contributed by atoms with Gasteiger partial charge in [-0.25, -0.2) is 9.18 Å². The van der Waals surface area contributed by atoms with Gasteiger partial charge in [-0.1, -0.05) is 18.2 Å². The van der Waals surface area contributed by atoms with Crippen molar-refractivity contribution in [3.8, 4) is 0 Å². The van der Waals surface area contributed by atoms with Gasteiger partial charge in [-0.15, -0.1) is 0 Å². The fourth-order valence-corrected chi connectivity index (χ4v) is 2.21. The summed E-state index contributed by atoms with van der Waals surface area (Å²) in [5, 5.41) is 0. The van der Waals surface area contributed by atoms with Gasteiger partial charge in [0, 0.05) is 0 Å². The van der Waals surface area contributed by atoms with E-state index >= 15 is 0 Å². The van der Waals surface area contributed by atoms with E-state index in [0.29, 0.717) is 6.54 Å². The lowest BCUT2D eigenvalue weighted by atomic mass is 10.2. The minimum atomic E-state index is -0.273. The van der Waals surface area contributed by atoms with E-state index in [0.717, 1.165) is 22.2 Å². The highest BCUT2D eigenvalue weighted by Gasteiger charge is 2.07. The number of aromatic nitrogens is 2. The number of aryl methyl sites for hydroxylation is 1. The lowest BCUT2D eigenvalue weighted by Gasteiger charge is -2.04. The van der Waals surface area contributed by atoms with E-state index in [1.165, 1.54) is 12.1 Å². The maximum absolute atomic E-state index is 12.9. The number of aromatic amines is 1. The smallest absolute Gasteiger partial charge is 0.306 e. The Bertz CT molecular complexity index is 784. The van der Waals surface area contributed by atoms with Gasteiger partial charge in [-0.05, 0) is 42.3 Å². The van der Waals surface area contributed by atoms with Crippen molar-refractivity contribution < 1.29 is 4.39 Å². The van der Waals surface area contributed by atoms with Gasteiger partial charge >= 0.3 is 5.69 Å². The molecule has 0 aliphatic carbocycles. The molecule has 2 aromatic carbocycles. The average Bonchev–Trinajstić information content (AvgIpc) is 2.68. The second-order valence-electron chi connectivity index (χ2n) is 4.66. The van der Waals surface area contributed by atoms with Crippen LogP contribution in [-0.4, -0.2) is 9.55 Å². The molecule has 3 nitrogen and oxygen atoms in total. The van der Waals surface area contributed by atoms with Gasteiger partial charge in [0.05, 0.1) is 17.6 Å². The second kappa shape index (κ2) is 4.39. The quantitative estimate of drug-likeness (QED) is 0.752. The first-order valence-electron chi connectivity index (χ1n) is 6.07. The molecular weight excluding hydrogens is 243 g/mol. The van der Waals surface area contributed by atoms with Gasteiger partial charge in [-0.3, -0.25) is 4.57 Å². The summed E-state index contributed by atoms with van der Waals surface area (Å²) in [6, 6.07) is 12.0. The van der Waals surface area contributed by atoms with Crippen LogP contribution in [0.15, 0.2) is 47.3 Å². The van der Waals surface area contributed by atoms with Crippen LogP contribution in [0.25, 0.3) is 11.0 Å². The Morgan fingerprint density at radius 1 is 1.16 bits per heavy atom. The molecule has 4 heteroatoms. The molecule has 0 aliphatic rings. The molecule has 0 bridgehead atoms. The standard InChI is InChI=1S/C15H13FN2O/c1-10-2-7-14-13(8-10)17-15(19)18(14)9-11-3-5-12(16)6-4-11/h2-8H,9H2,1H3,(H,17,19). The Hall–Kier alpha value is -2.36. The summed E-state index contributed by atoms with van der Waals surface area (Å²) in [4.78, 5) is 14.8. The normalized spacial score (nSPS) is 11.1. The Kier molecular flexibility index (Phi) is 2.71. The predicted molar refractivity (Wildman–Crippen MR) is 72.8 cm³/mol. The van der Waals surface area contributed by atoms with E-state index in [1.54, 1.807) is 16.7 Å². The molecule has 0 amide bonds. The predicted octanol–water partition coefficient (Wildman–Crippen LogP) is 2.83. The molecule has 0 spiro atoms. The molecule has 96 valence electrons. The van der Waals surface area contributed by atoms with Crippen molar-refractivity contribution in [1.82, 2.24) is 9.55 Å². The Balaban J connectivity index is 2.07. The zero-order valence-electron chi connectivity index (χ0n) is 10.5. The van der Waals surface area contributed by atoms with Crippen LogP contribution in [0.2, 0.25) is 0 Å². The molecule has 0 fully saturated rings. The summed E-state index contributed by atoms with van der Waals surface area (Å²) >= 11 is 0. The highest BCUT2D eigenvalue weighted by molar-refractivity contribution is 5.76. The summed E-state index contributed by atoms with van der Waals surface area (Å²) < 4.78 is 14.5. The lowest BCUT2D eigenvalue weighted by molar-refractivity contribution is 0.626. The molecule has 1 aromatic heterocycles. The first-order chi connectivity index (χ1) is 9.13. The van der Waals surface area contributed by atoms with Crippen LogP contribution in [-0.2, 0) is 6.54 Å². The molecule has 1 N–H and O–H groups in total. The molecular formula is C15H13FN2O. The van der Waals surface area contributed by atoms with Crippen molar-refractivity contribution in [2.24, 2.45) is 0 Å². The second-order valence-corrected chi connectivity index (χ2v) is 4.66. The number of hydrogen-bond donors (Lipinski definition) is 1. The topological polar surface area (TPSA) is 37.8 Å². The van der Waals surface area contributed by atoms with Crippen LogP contribution in [0.5, 0.6) is 0 Å². The van der Waals surface area contributed by atoms with E-state index in [-0.39, 0.29) is 11.5 Å². The maximum atomic E-state index is 12.9. The summed E-state index contributed by atoms with van der Waals surface area (Å²) in [6.45, 7) is 2.41. The summed E-state index contributed by atoms with van der Waals surface area (Å²) in [5.41, 5.74) is 3.53. The number of benzene rings is 2. The summed E-state index contributed by atoms with van der Waals surface area (Å²) in [7, 11) is 0. The molecule has 3 rings (SSSR count). The van der Waals surface area contributed by atoms with Gasteiger partial charge < -0.3 is 4.98 Å². The molecule has 0 aliphatic heterocycles. The zero-order chi connectivity index (χ0) is 13.4. The highest BCUT2D eigenvalue weighted by Crippen LogP contribution is 2.14. The molecule has 0 saturated heterocycles. The van der Waals surface area contributed by atoms with Crippen LogP contribution in [0.3, 0.4) is 0 Å². The number of halogens is 1. The van der Waals surface area contributed by atoms with Crippen molar-refractivity contribution in [3.63, 3.8) is 0 Å². The molecule has 0 unspecified atom stereocenters. The lowest BCUT2D eigenvalue weighted by Crippen LogP contribution is -2.17. The Morgan fingerprint density at radius 2 is 1.89 bits per heavy atom. The SMILES string of the molecule is Cc1ccc2c(c1)[nH]c(=O)n2Cc1ccc(F)cc1. The van der Waals surface area contributed by atoms with Crippen molar-refractivity contribution in [2.75, 3.05) is 0 Å². The van der Waals surface area contributed by atoms with E-state index in [2.05, 4.69) is 4.98 Å². The van der Waals surface area contributed by atoms with Crippen LogP contribution < -0.4 is 5.69 Å². The van der Waals surface area contributed by atoms with Gasteiger partial charge in [0.15, 0.2) is 0 Å². The third-order valence-electron chi connectivity index (χ3n) is 3.18. The van der Waals surface area contributed by atoms with Crippen LogP contribution in [0, 0.1) is 12.7 Å². The van der Waals surface area contributed by atoms with E-state index in [4.69, 9.17) is 0 Å². The van der Waals surface area contributed by atoms with Crippen LogP contribution in [0.4, 0.5) is 4.39 Å². The minimum absolute atomic E-state index is 0.148. The third-order valence-corrected chi connectivity index (χ3v) is 3.18. The van der Waals surface area contributed by atoms with Crippen molar-refractivity contribution >= 4 is 11.0 Å². The largest absolute Gasteiger partial charge is 0.326 e. The van der Waals surface area contributed by atoms with Crippen molar-refractivity contribution in [1.29, 1.82) is 0 Å². The highest BCUT2D eigenvalue weighted by atomic mass is 19.1. The Labute approximate surface area is 109 Å². The van der Waals surface area contributed by atoms with Gasteiger partial charge in [0.1, 0.15) is 5.82 Å². The molecule has 19 heavy (non-hydrogen) atoms. The zero-order valence-corrected chi connectivity index (χ0v) is 10.5. The van der Waals surface area contributed by atoms with Crippen LogP contribution >= 0.6 is 0 Å². The monoisotopic (exact) mass is 256 g/mol. The number of nitrogens with one attached hydrogen (secondary N) is 1. The first kappa shape index (κ1) is 11.7. The molecule has 1 heterocycles. The number of hydrogen-bond acceptors (Lipinski definition) is 1. The van der Waals surface area contributed by atoms with E-state index in [9.17, 15) is 9.18 Å². The first-order valence-corrected chi connectivity index (χ1v) is 6.07. The van der Waals surface area contributed by atoms with E-state index < -0.39 is 0 Å². The Morgan fingerprint density at radius 3 is 2.63 bits per heavy atom. The van der Waals surface area contributed by atoms with Crippen LogP contribution in [0.1, 0.15) is 11.1 Å². The number of nitrogens with zero attached hydrogens (tertiary/aromatic N) is 1. The van der Waals surface area contributed by atoms with Crippen molar-refractivity contribution in [3.05, 3.63) is 69.9 Å². The molecule has 0 atom stereocenters. The van der Waals surface area contributed by atoms with E-state index in [1.807, 2.05) is 25.1 Å². The fraction of sp³-hybridized carbons (Fsp3) is 0.133. The van der Waals surface area contributed by atoms with Gasteiger partial charge in [0.2, 0.25) is 0 Å². The van der Waals surface area contributed by atoms with Gasteiger partial charge in [0.25, 0.3) is 0 Å². The maximum Gasteiger partial charge on any atom is 0.326 e. The summed E-state index contributed by atoms with van der Waals surface area (Å²) in [5.74, 6) is -0.273. The van der Waals surface area contributed by atoms with Crippen molar-refractivity contribution in [2.45, 2.75) is 13.5 Å².